The quantitative estimate of drug-likeness (QED) is 0.391. The van der Waals surface area contributed by atoms with Crippen molar-refractivity contribution < 1.29 is 14.3 Å². The number of carbonyl (C=O) groups excluding carboxylic acids is 2. The number of hydrogen-bond acceptors (Lipinski definition) is 3. The number of halogens is 1. The SMILES string of the molecule is CC(I)OCC(=O)[C@H]1CC[C@H]2[C@@H]3CCC4=CC(=O)CC[C@]4(C)C3CC[C@]12C. The van der Waals surface area contributed by atoms with E-state index in [1.54, 1.807) is 0 Å². The lowest BCUT2D eigenvalue weighted by Gasteiger charge is -2.58. The number of Topliss-reactive ketones (excluding diaryl/α,β-unsaturated/α-hetero) is 1. The van der Waals surface area contributed by atoms with E-state index in [0.29, 0.717) is 23.4 Å². The molecule has 150 valence electrons. The van der Waals surface area contributed by atoms with Crippen LogP contribution in [0, 0.1) is 34.5 Å². The molecule has 7 atom stereocenters. The molecule has 0 saturated heterocycles. The third kappa shape index (κ3) is 3.27. The maximum atomic E-state index is 12.9. The molecule has 4 rings (SSSR count). The molecule has 0 aromatic heterocycles. The van der Waals surface area contributed by atoms with Crippen molar-refractivity contribution in [1.82, 2.24) is 0 Å². The summed E-state index contributed by atoms with van der Waals surface area (Å²) in [6.07, 6.45) is 10.6. The fourth-order valence-electron chi connectivity index (χ4n) is 7.39. The molecule has 2 unspecified atom stereocenters. The van der Waals surface area contributed by atoms with Crippen molar-refractivity contribution in [3.05, 3.63) is 11.6 Å². The minimum Gasteiger partial charge on any atom is -0.360 e. The first kappa shape index (κ1) is 20.1. The molecule has 4 heteroatoms. The van der Waals surface area contributed by atoms with Gasteiger partial charge in [0.25, 0.3) is 0 Å². The average Bonchev–Trinajstić information content (AvgIpc) is 2.97. The van der Waals surface area contributed by atoms with Crippen molar-refractivity contribution >= 4 is 34.2 Å². The van der Waals surface area contributed by atoms with Crippen LogP contribution in [-0.4, -0.2) is 22.3 Å². The van der Waals surface area contributed by atoms with Crippen molar-refractivity contribution in [3.63, 3.8) is 0 Å². The van der Waals surface area contributed by atoms with Crippen LogP contribution in [0.1, 0.15) is 72.1 Å². The number of fused-ring (bicyclic) bond motifs is 5. The molecular formula is C23H33IO3. The van der Waals surface area contributed by atoms with Gasteiger partial charge in [-0.05, 0) is 86.5 Å². The topological polar surface area (TPSA) is 43.4 Å². The zero-order valence-corrected chi connectivity index (χ0v) is 19.1. The third-order valence-electron chi connectivity index (χ3n) is 8.81. The lowest BCUT2D eigenvalue weighted by molar-refractivity contribution is -0.135. The highest BCUT2D eigenvalue weighted by Gasteiger charge is 2.59. The number of hydrogen-bond donors (Lipinski definition) is 0. The predicted molar refractivity (Wildman–Crippen MR) is 115 cm³/mol. The van der Waals surface area contributed by atoms with E-state index >= 15 is 0 Å². The Kier molecular flexibility index (Phi) is 5.37. The van der Waals surface area contributed by atoms with Gasteiger partial charge < -0.3 is 4.74 Å². The Bertz CT molecular complexity index is 669. The predicted octanol–water partition coefficient (Wildman–Crippen LogP) is 5.50. The molecule has 0 aromatic carbocycles. The number of ether oxygens (including phenoxy) is 1. The standard InChI is InChI=1S/C23H33IO3/c1-14(24)27-13-21(26)20-7-6-18-17-5-4-15-12-16(25)8-10-22(15,2)19(17)9-11-23(18,20)3/h12,14,17-20H,4-11,13H2,1-3H3/t14?,17-,18-,19?,20+,22-,23-/m0/s1. The molecule has 0 heterocycles. The van der Waals surface area contributed by atoms with E-state index in [-0.39, 0.29) is 27.5 Å². The van der Waals surface area contributed by atoms with Gasteiger partial charge in [0.2, 0.25) is 0 Å². The van der Waals surface area contributed by atoms with Gasteiger partial charge >= 0.3 is 0 Å². The number of ketones is 2. The second-order valence-electron chi connectivity index (χ2n) is 9.96. The Balaban J connectivity index is 1.55. The molecule has 27 heavy (non-hydrogen) atoms. The van der Waals surface area contributed by atoms with E-state index in [4.69, 9.17) is 4.74 Å². The summed E-state index contributed by atoms with van der Waals surface area (Å²) in [6, 6.07) is 0. The third-order valence-corrected chi connectivity index (χ3v) is 9.17. The van der Waals surface area contributed by atoms with Gasteiger partial charge in [0.15, 0.2) is 11.6 Å². The molecule has 0 spiro atoms. The number of carbonyl (C=O) groups is 2. The Hall–Kier alpha value is -0.230. The van der Waals surface area contributed by atoms with Crippen molar-refractivity contribution in [1.29, 1.82) is 0 Å². The smallest absolute Gasteiger partial charge is 0.162 e. The summed E-state index contributed by atoms with van der Waals surface area (Å²) >= 11 is 2.22. The van der Waals surface area contributed by atoms with Gasteiger partial charge in [0, 0.05) is 12.3 Å². The highest BCUT2D eigenvalue weighted by Crippen LogP contribution is 2.66. The van der Waals surface area contributed by atoms with Gasteiger partial charge in [-0.15, -0.1) is 0 Å². The van der Waals surface area contributed by atoms with Gasteiger partial charge in [0.05, 0.1) is 0 Å². The number of rotatable bonds is 4. The lowest BCUT2D eigenvalue weighted by atomic mass is 9.46. The molecule has 0 radical (unpaired) electrons. The van der Waals surface area contributed by atoms with E-state index < -0.39 is 0 Å². The fourth-order valence-corrected chi connectivity index (χ4v) is 7.57. The zero-order chi connectivity index (χ0) is 19.4. The number of allylic oxidation sites excluding steroid dienone is 1. The molecule has 0 bridgehead atoms. The minimum absolute atomic E-state index is 0.0878. The summed E-state index contributed by atoms with van der Waals surface area (Å²) in [5.74, 6) is 2.92. The number of alkyl halides is 1. The monoisotopic (exact) mass is 484 g/mol. The van der Waals surface area contributed by atoms with Crippen LogP contribution in [0.25, 0.3) is 0 Å². The minimum atomic E-state index is 0.0878. The maximum Gasteiger partial charge on any atom is 0.162 e. The van der Waals surface area contributed by atoms with Gasteiger partial charge in [-0.25, -0.2) is 0 Å². The van der Waals surface area contributed by atoms with Gasteiger partial charge in [0.1, 0.15) is 10.7 Å². The van der Waals surface area contributed by atoms with Crippen LogP contribution in [0.4, 0.5) is 0 Å². The Morgan fingerprint density at radius 2 is 1.96 bits per heavy atom. The van der Waals surface area contributed by atoms with E-state index in [9.17, 15) is 9.59 Å². The van der Waals surface area contributed by atoms with Crippen LogP contribution in [0.3, 0.4) is 0 Å². The van der Waals surface area contributed by atoms with E-state index in [1.165, 1.54) is 24.8 Å². The molecule has 0 N–H and O–H groups in total. The second-order valence-corrected chi connectivity index (χ2v) is 11.7. The molecule has 3 saturated carbocycles. The molecular weight excluding hydrogens is 451 g/mol. The largest absolute Gasteiger partial charge is 0.360 e. The first-order valence-electron chi connectivity index (χ1n) is 10.8. The molecule has 4 aliphatic carbocycles. The van der Waals surface area contributed by atoms with Gasteiger partial charge in [-0.1, -0.05) is 42.0 Å². The van der Waals surface area contributed by atoms with Crippen molar-refractivity contribution in [2.75, 3.05) is 6.61 Å². The van der Waals surface area contributed by atoms with E-state index in [1.807, 2.05) is 13.0 Å². The first-order chi connectivity index (χ1) is 12.8. The normalized spacial score (nSPS) is 44.7. The summed E-state index contributed by atoms with van der Waals surface area (Å²) in [5, 5.41) is 0. The summed E-state index contributed by atoms with van der Waals surface area (Å²) in [6.45, 7) is 7.09. The summed E-state index contributed by atoms with van der Waals surface area (Å²) < 4.78 is 5.73. The van der Waals surface area contributed by atoms with Crippen LogP contribution in [0.5, 0.6) is 0 Å². The molecule has 3 nitrogen and oxygen atoms in total. The maximum absolute atomic E-state index is 12.9. The molecule has 0 amide bonds. The van der Waals surface area contributed by atoms with Crippen LogP contribution in [0.15, 0.2) is 11.6 Å². The molecule has 0 aromatic rings. The van der Waals surface area contributed by atoms with Crippen molar-refractivity contribution in [2.24, 2.45) is 34.5 Å². The lowest BCUT2D eigenvalue weighted by Crippen LogP contribution is -2.51. The molecule has 3 fully saturated rings. The highest BCUT2D eigenvalue weighted by molar-refractivity contribution is 14.1. The average molecular weight is 484 g/mol. The highest BCUT2D eigenvalue weighted by atomic mass is 127. The van der Waals surface area contributed by atoms with Crippen LogP contribution >= 0.6 is 22.6 Å². The molecule has 4 aliphatic rings. The Morgan fingerprint density at radius 1 is 1.19 bits per heavy atom. The Labute approximate surface area is 177 Å². The molecule has 0 aliphatic heterocycles. The van der Waals surface area contributed by atoms with Gasteiger partial charge in [-0.2, -0.15) is 0 Å². The van der Waals surface area contributed by atoms with E-state index in [0.717, 1.165) is 38.0 Å². The first-order valence-corrected chi connectivity index (χ1v) is 12.0. The summed E-state index contributed by atoms with van der Waals surface area (Å²) in [4.78, 5) is 24.9. The van der Waals surface area contributed by atoms with Crippen LogP contribution < -0.4 is 0 Å². The van der Waals surface area contributed by atoms with Crippen LogP contribution in [0.2, 0.25) is 0 Å². The fraction of sp³-hybridized carbons (Fsp3) is 0.826. The zero-order valence-electron chi connectivity index (χ0n) is 16.9. The van der Waals surface area contributed by atoms with Crippen LogP contribution in [-0.2, 0) is 14.3 Å². The van der Waals surface area contributed by atoms with Crippen molar-refractivity contribution in [3.8, 4) is 0 Å². The summed E-state index contributed by atoms with van der Waals surface area (Å²) in [7, 11) is 0. The van der Waals surface area contributed by atoms with Gasteiger partial charge in [-0.3, -0.25) is 9.59 Å². The van der Waals surface area contributed by atoms with Crippen molar-refractivity contribution in [2.45, 2.75) is 76.2 Å². The van der Waals surface area contributed by atoms with E-state index in [2.05, 4.69) is 36.4 Å². The Morgan fingerprint density at radius 3 is 2.70 bits per heavy atom. The second kappa shape index (κ2) is 7.23. The summed E-state index contributed by atoms with van der Waals surface area (Å²) in [5.41, 5.74) is 1.80.